The molecule has 0 saturated carbocycles. The summed E-state index contributed by atoms with van der Waals surface area (Å²) in [6.07, 6.45) is 0. The maximum atomic E-state index is 10.4. The summed E-state index contributed by atoms with van der Waals surface area (Å²) in [4.78, 5) is 11.6. The molecule has 0 aliphatic carbocycles. The minimum Gasteiger partial charge on any atom is -0.481 e. The van der Waals surface area contributed by atoms with Crippen LogP contribution in [-0.2, 0) is 11.8 Å². The number of carboxylic acids is 1. The van der Waals surface area contributed by atoms with Crippen molar-refractivity contribution >= 4 is 5.97 Å². The quantitative estimate of drug-likeness (QED) is 0.618. The molecule has 1 aromatic rings. The van der Waals surface area contributed by atoms with Crippen LogP contribution in [-0.4, -0.2) is 31.3 Å². The van der Waals surface area contributed by atoms with E-state index in [1.54, 1.807) is 7.05 Å². The topological polar surface area (TPSA) is 80.9 Å². The Hall–Kier alpha value is -1.46. The molecule has 60 valence electrons. The van der Waals surface area contributed by atoms with E-state index in [1.807, 2.05) is 0 Å². The zero-order chi connectivity index (χ0) is 8.43. The van der Waals surface area contributed by atoms with Crippen LogP contribution in [0.25, 0.3) is 0 Å². The van der Waals surface area contributed by atoms with E-state index < -0.39 is 11.9 Å². The highest BCUT2D eigenvalue weighted by molar-refractivity contribution is 5.74. The van der Waals surface area contributed by atoms with Gasteiger partial charge in [-0.2, -0.15) is 4.80 Å². The van der Waals surface area contributed by atoms with Gasteiger partial charge in [-0.3, -0.25) is 4.79 Å². The van der Waals surface area contributed by atoms with E-state index in [0.29, 0.717) is 0 Å². The van der Waals surface area contributed by atoms with Crippen molar-refractivity contribution in [2.75, 3.05) is 0 Å². The lowest BCUT2D eigenvalue weighted by molar-refractivity contribution is -0.138. The van der Waals surface area contributed by atoms with Gasteiger partial charge in [0.1, 0.15) is 5.92 Å². The Balaban J connectivity index is 2.84. The Kier molecular flexibility index (Phi) is 1.84. The van der Waals surface area contributed by atoms with Gasteiger partial charge in [-0.1, -0.05) is 0 Å². The van der Waals surface area contributed by atoms with Gasteiger partial charge in [0, 0.05) is 0 Å². The van der Waals surface area contributed by atoms with Crippen LogP contribution >= 0.6 is 0 Å². The molecular weight excluding hydrogens is 148 g/mol. The Morgan fingerprint density at radius 3 is 2.73 bits per heavy atom. The molecule has 0 saturated heterocycles. The molecule has 1 unspecified atom stereocenters. The molecule has 0 spiro atoms. The van der Waals surface area contributed by atoms with E-state index in [9.17, 15) is 4.79 Å². The van der Waals surface area contributed by atoms with Crippen LogP contribution in [0.4, 0.5) is 0 Å². The zero-order valence-electron chi connectivity index (χ0n) is 6.22. The summed E-state index contributed by atoms with van der Waals surface area (Å²) in [7, 11) is 1.59. The van der Waals surface area contributed by atoms with Crippen LogP contribution in [0.3, 0.4) is 0 Å². The second-order valence-corrected chi connectivity index (χ2v) is 2.20. The van der Waals surface area contributed by atoms with Crippen molar-refractivity contribution in [2.24, 2.45) is 7.05 Å². The van der Waals surface area contributed by atoms with Gasteiger partial charge in [-0.05, 0) is 12.1 Å². The molecule has 0 bridgehead atoms. The third-order valence-corrected chi connectivity index (χ3v) is 1.28. The van der Waals surface area contributed by atoms with Crippen LogP contribution < -0.4 is 0 Å². The Labute approximate surface area is 62.8 Å². The van der Waals surface area contributed by atoms with E-state index in [4.69, 9.17) is 5.11 Å². The number of hydrogen-bond acceptors (Lipinski definition) is 4. The Bertz CT molecular complexity index is 269. The first kappa shape index (κ1) is 7.64. The summed E-state index contributed by atoms with van der Waals surface area (Å²) in [5.41, 5.74) is 0. The standard InChI is InChI=1S/C5H8N4O2/c1-3(5(10)11)4-6-8-9(2)7-4/h3H,1-2H3,(H,10,11). The molecule has 1 aromatic heterocycles. The number of carboxylic acid groups (broad SMARTS) is 1. The predicted octanol–water partition coefficient (Wildman–Crippen LogP) is -0.602. The van der Waals surface area contributed by atoms with Crippen molar-refractivity contribution in [1.82, 2.24) is 20.2 Å². The monoisotopic (exact) mass is 156 g/mol. The van der Waals surface area contributed by atoms with E-state index in [-0.39, 0.29) is 5.82 Å². The molecule has 1 atom stereocenters. The third kappa shape index (κ3) is 1.51. The van der Waals surface area contributed by atoms with E-state index in [1.165, 1.54) is 11.7 Å². The van der Waals surface area contributed by atoms with Gasteiger partial charge in [-0.15, -0.1) is 10.2 Å². The van der Waals surface area contributed by atoms with Gasteiger partial charge in [0.25, 0.3) is 0 Å². The van der Waals surface area contributed by atoms with Crippen molar-refractivity contribution in [3.05, 3.63) is 5.82 Å². The average Bonchev–Trinajstić information content (AvgIpc) is 2.34. The second-order valence-electron chi connectivity index (χ2n) is 2.20. The number of rotatable bonds is 2. The fourth-order valence-electron chi connectivity index (χ4n) is 0.582. The van der Waals surface area contributed by atoms with Crippen LogP contribution in [0.5, 0.6) is 0 Å². The van der Waals surface area contributed by atoms with Gasteiger partial charge in [0.05, 0.1) is 7.05 Å². The SMILES string of the molecule is CC(C(=O)O)c1nnn(C)n1. The minimum absolute atomic E-state index is 0.236. The molecule has 0 radical (unpaired) electrons. The highest BCUT2D eigenvalue weighted by Crippen LogP contribution is 2.06. The van der Waals surface area contributed by atoms with E-state index in [0.717, 1.165) is 0 Å². The predicted molar refractivity (Wildman–Crippen MR) is 34.8 cm³/mol. The van der Waals surface area contributed by atoms with Crippen molar-refractivity contribution in [3.8, 4) is 0 Å². The highest BCUT2D eigenvalue weighted by atomic mass is 16.4. The zero-order valence-corrected chi connectivity index (χ0v) is 6.22. The first-order chi connectivity index (χ1) is 5.11. The van der Waals surface area contributed by atoms with E-state index >= 15 is 0 Å². The second kappa shape index (κ2) is 2.65. The first-order valence-electron chi connectivity index (χ1n) is 3.08. The summed E-state index contributed by atoms with van der Waals surface area (Å²) >= 11 is 0. The van der Waals surface area contributed by atoms with Crippen molar-refractivity contribution < 1.29 is 9.90 Å². The Morgan fingerprint density at radius 1 is 1.73 bits per heavy atom. The molecule has 0 aliphatic rings. The van der Waals surface area contributed by atoms with Crippen LogP contribution in [0, 0.1) is 0 Å². The third-order valence-electron chi connectivity index (χ3n) is 1.28. The molecule has 0 aliphatic heterocycles. The number of aryl methyl sites for hydroxylation is 1. The lowest BCUT2D eigenvalue weighted by atomic mass is 10.2. The van der Waals surface area contributed by atoms with Crippen LogP contribution in [0.2, 0.25) is 0 Å². The minimum atomic E-state index is -0.946. The summed E-state index contributed by atoms with van der Waals surface area (Å²) in [6.45, 7) is 1.51. The number of aromatic nitrogens is 4. The fraction of sp³-hybridized carbons (Fsp3) is 0.600. The maximum Gasteiger partial charge on any atom is 0.314 e. The molecule has 6 heteroatoms. The number of nitrogens with zero attached hydrogens (tertiary/aromatic N) is 4. The summed E-state index contributed by atoms with van der Waals surface area (Å²) in [5.74, 6) is -1.40. The van der Waals surface area contributed by atoms with E-state index in [2.05, 4.69) is 15.4 Å². The molecule has 6 nitrogen and oxygen atoms in total. The van der Waals surface area contributed by atoms with Gasteiger partial charge < -0.3 is 5.11 Å². The molecular formula is C5H8N4O2. The molecule has 1 heterocycles. The number of carbonyl (C=O) groups is 1. The normalized spacial score (nSPS) is 12.9. The average molecular weight is 156 g/mol. The summed E-state index contributed by atoms with van der Waals surface area (Å²) in [5, 5.41) is 19.3. The number of hydrogen-bond donors (Lipinski definition) is 1. The van der Waals surface area contributed by atoms with Gasteiger partial charge in [-0.25, -0.2) is 0 Å². The fourth-order valence-corrected chi connectivity index (χ4v) is 0.582. The van der Waals surface area contributed by atoms with Crippen molar-refractivity contribution in [3.63, 3.8) is 0 Å². The van der Waals surface area contributed by atoms with Crippen molar-refractivity contribution in [2.45, 2.75) is 12.8 Å². The number of aliphatic carboxylic acids is 1. The molecule has 0 aromatic carbocycles. The highest BCUT2D eigenvalue weighted by Gasteiger charge is 2.18. The summed E-state index contributed by atoms with van der Waals surface area (Å²) in [6, 6.07) is 0. The first-order valence-corrected chi connectivity index (χ1v) is 3.08. The molecule has 1 N–H and O–H groups in total. The lowest BCUT2D eigenvalue weighted by Crippen LogP contribution is -2.09. The molecule has 1 rings (SSSR count). The Morgan fingerprint density at radius 2 is 2.36 bits per heavy atom. The van der Waals surface area contributed by atoms with Gasteiger partial charge in [0.2, 0.25) is 0 Å². The van der Waals surface area contributed by atoms with Gasteiger partial charge in [0.15, 0.2) is 5.82 Å². The molecule has 0 amide bonds. The van der Waals surface area contributed by atoms with Gasteiger partial charge >= 0.3 is 5.97 Å². The lowest BCUT2D eigenvalue weighted by Gasteiger charge is -1.96. The number of tetrazole rings is 1. The van der Waals surface area contributed by atoms with Crippen molar-refractivity contribution in [1.29, 1.82) is 0 Å². The maximum absolute atomic E-state index is 10.4. The summed E-state index contributed by atoms with van der Waals surface area (Å²) < 4.78 is 0. The van der Waals surface area contributed by atoms with Crippen LogP contribution in [0.15, 0.2) is 0 Å². The van der Waals surface area contributed by atoms with Crippen LogP contribution in [0.1, 0.15) is 18.7 Å². The molecule has 0 fully saturated rings. The molecule has 11 heavy (non-hydrogen) atoms. The smallest absolute Gasteiger partial charge is 0.314 e. The largest absolute Gasteiger partial charge is 0.481 e.